The molecule has 0 spiro atoms. The molecule has 0 bridgehead atoms. The number of nitriles is 1. The molecule has 1 heterocycles. The first-order valence-corrected chi connectivity index (χ1v) is 5.18. The predicted molar refractivity (Wildman–Crippen MR) is 53.7 cm³/mol. The van der Waals surface area contributed by atoms with E-state index < -0.39 is 0 Å². The van der Waals surface area contributed by atoms with Crippen LogP contribution in [-0.2, 0) is 5.54 Å². The van der Waals surface area contributed by atoms with Crippen molar-refractivity contribution in [1.29, 1.82) is 5.26 Å². The minimum absolute atomic E-state index is 0.137. The van der Waals surface area contributed by atoms with Gasteiger partial charge in [-0.15, -0.1) is 5.10 Å². The first-order chi connectivity index (χ1) is 6.45. The highest BCUT2D eigenvalue weighted by Gasteiger charge is 2.21. The van der Waals surface area contributed by atoms with E-state index in [1.165, 1.54) is 11.8 Å². The lowest BCUT2D eigenvalue weighted by Gasteiger charge is -2.19. The summed E-state index contributed by atoms with van der Waals surface area (Å²) < 4.78 is 1.73. The van der Waals surface area contributed by atoms with Crippen LogP contribution in [0, 0.1) is 11.3 Å². The second-order valence-corrected chi connectivity index (χ2v) is 5.24. The lowest BCUT2D eigenvalue weighted by Crippen LogP contribution is -2.24. The zero-order valence-corrected chi connectivity index (χ0v) is 9.54. The number of nitrogens with zero attached hydrogens (tertiary/aromatic N) is 5. The summed E-state index contributed by atoms with van der Waals surface area (Å²) in [6.45, 7) is 7.88. The minimum Gasteiger partial charge on any atom is -0.215 e. The molecule has 0 aliphatic heterocycles. The fourth-order valence-electron chi connectivity index (χ4n) is 0.858. The van der Waals surface area contributed by atoms with E-state index in [4.69, 9.17) is 5.26 Å². The van der Waals surface area contributed by atoms with Gasteiger partial charge in [-0.25, -0.2) is 4.68 Å². The first kappa shape index (κ1) is 11.0. The monoisotopic (exact) mass is 211 g/mol. The molecule has 0 aliphatic carbocycles. The average molecular weight is 211 g/mol. The molecule has 14 heavy (non-hydrogen) atoms. The largest absolute Gasteiger partial charge is 0.215 e. The highest BCUT2D eigenvalue weighted by Crippen LogP contribution is 2.24. The number of rotatable bonds is 2. The summed E-state index contributed by atoms with van der Waals surface area (Å²) in [5.41, 5.74) is -0.152. The Balaban J connectivity index is 2.90. The molecule has 0 radical (unpaired) electrons. The zero-order valence-electron chi connectivity index (χ0n) is 8.72. The van der Waals surface area contributed by atoms with Crippen molar-refractivity contribution in [3.63, 3.8) is 0 Å². The van der Waals surface area contributed by atoms with Gasteiger partial charge in [-0.2, -0.15) is 5.26 Å². The fraction of sp³-hybridized carbons (Fsp3) is 0.750. The molecule has 0 saturated heterocycles. The van der Waals surface area contributed by atoms with E-state index in [0.717, 1.165) is 0 Å². The topological polar surface area (TPSA) is 67.4 Å². The van der Waals surface area contributed by atoms with Crippen LogP contribution >= 0.6 is 11.8 Å². The molecule has 0 saturated carbocycles. The molecule has 1 aromatic heterocycles. The van der Waals surface area contributed by atoms with E-state index >= 15 is 0 Å². The molecule has 0 aromatic carbocycles. The van der Waals surface area contributed by atoms with Crippen molar-refractivity contribution < 1.29 is 0 Å². The quantitative estimate of drug-likeness (QED) is 0.692. The average Bonchev–Trinajstić information content (AvgIpc) is 2.51. The van der Waals surface area contributed by atoms with Crippen LogP contribution in [0.4, 0.5) is 0 Å². The van der Waals surface area contributed by atoms with Crippen molar-refractivity contribution in [3.05, 3.63) is 0 Å². The smallest absolute Gasteiger partial charge is 0.211 e. The van der Waals surface area contributed by atoms with Crippen LogP contribution in [0.1, 0.15) is 27.7 Å². The van der Waals surface area contributed by atoms with Gasteiger partial charge in [0.1, 0.15) is 0 Å². The maximum Gasteiger partial charge on any atom is 0.211 e. The van der Waals surface area contributed by atoms with Crippen LogP contribution in [0.25, 0.3) is 0 Å². The number of thioether (sulfide) groups is 1. The molecular weight excluding hydrogens is 198 g/mol. The van der Waals surface area contributed by atoms with Crippen LogP contribution in [-0.4, -0.2) is 25.5 Å². The summed E-state index contributed by atoms with van der Waals surface area (Å²) in [7, 11) is 0. The highest BCUT2D eigenvalue weighted by molar-refractivity contribution is 8.00. The summed E-state index contributed by atoms with van der Waals surface area (Å²) in [5, 5.41) is 20.6. The molecule has 0 fully saturated rings. The van der Waals surface area contributed by atoms with Gasteiger partial charge in [-0.3, -0.25) is 0 Å². The third-order valence-corrected chi connectivity index (χ3v) is 2.46. The maximum atomic E-state index is 8.68. The summed E-state index contributed by atoms with van der Waals surface area (Å²) in [4.78, 5) is 0. The zero-order chi connectivity index (χ0) is 10.8. The number of tetrazole rings is 1. The molecule has 0 unspecified atom stereocenters. The van der Waals surface area contributed by atoms with Gasteiger partial charge in [0.15, 0.2) is 0 Å². The minimum atomic E-state index is -0.152. The summed E-state index contributed by atoms with van der Waals surface area (Å²) in [6, 6.07) is 2.14. The normalized spacial score (nSPS) is 13.6. The number of hydrogen-bond donors (Lipinski definition) is 0. The summed E-state index contributed by atoms with van der Waals surface area (Å²) >= 11 is 1.37. The van der Waals surface area contributed by atoms with Crippen molar-refractivity contribution >= 4 is 11.8 Å². The van der Waals surface area contributed by atoms with Crippen molar-refractivity contribution in [2.45, 2.75) is 43.6 Å². The molecule has 1 atom stereocenters. The second-order valence-electron chi connectivity index (χ2n) is 3.93. The molecule has 1 rings (SSSR count). The SMILES string of the molecule is C[C@H](C#N)Sc1nnnn1C(C)(C)C. The first-order valence-electron chi connectivity index (χ1n) is 4.30. The van der Waals surface area contributed by atoms with Gasteiger partial charge in [-0.05, 0) is 38.1 Å². The molecule has 5 nitrogen and oxygen atoms in total. The van der Waals surface area contributed by atoms with Gasteiger partial charge in [-0.1, -0.05) is 11.8 Å². The lowest BCUT2D eigenvalue weighted by molar-refractivity contribution is 0.321. The standard InChI is InChI=1S/C8H13N5S/c1-6(5-9)14-7-10-11-12-13(7)8(2,3)4/h6H,1-4H3/t6-/m1/s1. The van der Waals surface area contributed by atoms with Crippen molar-refractivity contribution in [3.8, 4) is 6.07 Å². The van der Waals surface area contributed by atoms with Crippen molar-refractivity contribution in [2.75, 3.05) is 0 Å². The van der Waals surface area contributed by atoms with Crippen LogP contribution in [0.2, 0.25) is 0 Å². The molecular formula is C8H13N5S. The molecule has 1 aromatic rings. The van der Waals surface area contributed by atoms with Gasteiger partial charge in [0.2, 0.25) is 5.16 Å². The van der Waals surface area contributed by atoms with E-state index in [1.54, 1.807) is 4.68 Å². The molecule has 0 aliphatic rings. The van der Waals surface area contributed by atoms with Crippen LogP contribution in [0.3, 0.4) is 0 Å². The Labute approximate surface area is 87.5 Å². The Morgan fingerprint density at radius 2 is 2.14 bits per heavy atom. The molecule has 0 amide bonds. The van der Waals surface area contributed by atoms with E-state index in [0.29, 0.717) is 5.16 Å². The van der Waals surface area contributed by atoms with E-state index in [-0.39, 0.29) is 10.8 Å². The third kappa shape index (κ3) is 2.45. The third-order valence-electron chi connectivity index (χ3n) is 1.54. The predicted octanol–water partition coefficient (Wildman–Crippen LogP) is 1.43. The summed E-state index contributed by atoms with van der Waals surface area (Å²) in [5.74, 6) is 0. The highest BCUT2D eigenvalue weighted by atomic mass is 32.2. The van der Waals surface area contributed by atoms with Crippen molar-refractivity contribution in [1.82, 2.24) is 20.2 Å². The van der Waals surface area contributed by atoms with Gasteiger partial charge < -0.3 is 0 Å². The Morgan fingerprint density at radius 3 is 2.64 bits per heavy atom. The number of hydrogen-bond acceptors (Lipinski definition) is 5. The van der Waals surface area contributed by atoms with Crippen molar-refractivity contribution in [2.24, 2.45) is 0 Å². The summed E-state index contributed by atoms with van der Waals surface area (Å²) in [6.07, 6.45) is 0. The molecule has 6 heteroatoms. The van der Waals surface area contributed by atoms with Gasteiger partial charge >= 0.3 is 0 Å². The number of aromatic nitrogens is 4. The molecule has 0 N–H and O–H groups in total. The Morgan fingerprint density at radius 1 is 1.50 bits per heavy atom. The Bertz CT molecular complexity index is 345. The van der Waals surface area contributed by atoms with Gasteiger partial charge in [0.25, 0.3) is 0 Å². The second kappa shape index (κ2) is 3.96. The van der Waals surface area contributed by atoms with Crippen LogP contribution in [0.15, 0.2) is 5.16 Å². The van der Waals surface area contributed by atoms with Crippen LogP contribution < -0.4 is 0 Å². The van der Waals surface area contributed by atoms with E-state index in [2.05, 4.69) is 21.6 Å². The van der Waals surface area contributed by atoms with E-state index in [9.17, 15) is 0 Å². The Hall–Kier alpha value is -1.09. The van der Waals surface area contributed by atoms with Crippen LogP contribution in [0.5, 0.6) is 0 Å². The molecule has 76 valence electrons. The maximum absolute atomic E-state index is 8.68. The van der Waals surface area contributed by atoms with Gasteiger partial charge in [0.05, 0.1) is 16.9 Å². The fourth-order valence-corrected chi connectivity index (χ4v) is 1.72. The lowest BCUT2D eigenvalue weighted by atomic mass is 10.1. The van der Waals surface area contributed by atoms with Gasteiger partial charge in [0, 0.05) is 0 Å². The Kier molecular flexibility index (Phi) is 3.11. The van der Waals surface area contributed by atoms with E-state index in [1.807, 2.05) is 27.7 Å².